The zero-order valence-electron chi connectivity index (χ0n) is 12.4. The molecule has 1 heterocycles. The lowest BCUT2D eigenvalue weighted by molar-refractivity contribution is 0.0678. The molecule has 2 aromatic carbocycles. The van der Waals surface area contributed by atoms with E-state index in [-0.39, 0.29) is 11.9 Å². The summed E-state index contributed by atoms with van der Waals surface area (Å²) in [5.74, 6) is 2.37. The van der Waals surface area contributed by atoms with Crippen LogP contribution >= 0.6 is 0 Å². The van der Waals surface area contributed by atoms with Crippen LogP contribution in [0.25, 0.3) is 0 Å². The Morgan fingerprint density at radius 3 is 2.41 bits per heavy atom. The number of aromatic hydroxyl groups is 2. The van der Waals surface area contributed by atoms with E-state index in [4.69, 9.17) is 4.74 Å². The Balaban J connectivity index is 1.77. The smallest absolute Gasteiger partial charge is 0.127 e. The Morgan fingerprint density at radius 1 is 0.864 bits per heavy atom. The quantitative estimate of drug-likeness (QED) is 0.814. The highest BCUT2D eigenvalue weighted by atomic mass is 16.5. The van der Waals surface area contributed by atoms with Crippen LogP contribution in [0.5, 0.6) is 17.2 Å². The summed E-state index contributed by atoms with van der Waals surface area (Å²) in [4.78, 5) is 0. The van der Waals surface area contributed by atoms with Crippen molar-refractivity contribution in [3.05, 3.63) is 53.6 Å². The van der Waals surface area contributed by atoms with Gasteiger partial charge in [0.05, 0.1) is 0 Å². The van der Waals surface area contributed by atoms with E-state index in [0.717, 1.165) is 29.7 Å². The van der Waals surface area contributed by atoms with Crippen molar-refractivity contribution in [2.45, 2.75) is 37.7 Å². The summed E-state index contributed by atoms with van der Waals surface area (Å²) in [6, 6.07) is 12.8. The van der Waals surface area contributed by atoms with Crippen LogP contribution in [-0.4, -0.2) is 10.2 Å². The topological polar surface area (TPSA) is 49.7 Å². The van der Waals surface area contributed by atoms with Gasteiger partial charge in [0.25, 0.3) is 0 Å². The van der Waals surface area contributed by atoms with Gasteiger partial charge in [-0.05, 0) is 54.7 Å². The second-order valence-electron chi connectivity index (χ2n) is 6.41. The van der Waals surface area contributed by atoms with E-state index in [2.05, 4.69) is 0 Å². The molecule has 114 valence electrons. The van der Waals surface area contributed by atoms with E-state index in [9.17, 15) is 10.2 Å². The molecule has 3 nitrogen and oxygen atoms in total. The zero-order chi connectivity index (χ0) is 15.1. The first-order valence-corrected chi connectivity index (χ1v) is 8.01. The highest BCUT2D eigenvalue weighted by Gasteiger charge is 2.40. The van der Waals surface area contributed by atoms with Gasteiger partial charge in [0.2, 0.25) is 0 Å². The van der Waals surface area contributed by atoms with Crippen LogP contribution in [0.3, 0.4) is 0 Å². The van der Waals surface area contributed by atoms with Crippen LogP contribution in [0.1, 0.15) is 48.8 Å². The molecule has 2 aliphatic rings. The highest BCUT2D eigenvalue weighted by Crippen LogP contribution is 2.52. The third-order valence-electron chi connectivity index (χ3n) is 5.08. The maximum Gasteiger partial charge on any atom is 0.127 e. The molecule has 3 heteroatoms. The molecule has 0 amide bonds. The molecule has 1 saturated carbocycles. The lowest BCUT2D eigenvalue weighted by atomic mass is 9.70. The van der Waals surface area contributed by atoms with Crippen molar-refractivity contribution in [1.82, 2.24) is 0 Å². The minimum absolute atomic E-state index is 0.0305. The molecular weight excluding hydrogens is 276 g/mol. The van der Waals surface area contributed by atoms with Gasteiger partial charge in [0, 0.05) is 11.5 Å². The Morgan fingerprint density at radius 2 is 1.59 bits per heavy atom. The second kappa shape index (κ2) is 5.24. The summed E-state index contributed by atoms with van der Waals surface area (Å²) < 4.78 is 6.29. The number of fused-ring (bicyclic) bond motifs is 3. The molecule has 2 aromatic rings. The van der Waals surface area contributed by atoms with Crippen LogP contribution in [0.15, 0.2) is 42.5 Å². The van der Waals surface area contributed by atoms with Gasteiger partial charge in [-0.25, -0.2) is 0 Å². The van der Waals surface area contributed by atoms with Gasteiger partial charge in [0.1, 0.15) is 23.4 Å². The highest BCUT2D eigenvalue weighted by molar-refractivity contribution is 5.45. The number of hydrogen-bond donors (Lipinski definition) is 2. The van der Waals surface area contributed by atoms with Crippen molar-refractivity contribution >= 4 is 0 Å². The predicted molar refractivity (Wildman–Crippen MR) is 84.3 cm³/mol. The molecule has 4 rings (SSSR count). The van der Waals surface area contributed by atoms with E-state index < -0.39 is 0 Å². The molecule has 0 bridgehead atoms. The number of phenolic OH excluding ortho intramolecular Hbond substituents is 2. The number of benzene rings is 2. The first-order chi connectivity index (χ1) is 10.7. The molecule has 22 heavy (non-hydrogen) atoms. The van der Waals surface area contributed by atoms with Gasteiger partial charge in [-0.3, -0.25) is 0 Å². The van der Waals surface area contributed by atoms with Crippen molar-refractivity contribution in [2.24, 2.45) is 5.92 Å². The minimum atomic E-state index is 0.0305. The van der Waals surface area contributed by atoms with Gasteiger partial charge >= 0.3 is 0 Å². The lowest BCUT2D eigenvalue weighted by Crippen LogP contribution is -2.32. The van der Waals surface area contributed by atoms with Crippen LogP contribution < -0.4 is 4.74 Å². The Hall–Kier alpha value is -2.16. The van der Waals surface area contributed by atoms with E-state index >= 15 is 0 Å². The van der Waals surface area contributed by atoms with Crippen molar-refractivity contribution in [1.29, 1.82) is 0 Å². The van der Waals surface area contributed by atoms with Gasteiger partial charge in [0.15, 0.2) is 0 Å². The standard InChI is InChI=1S/C19H20O3/c20-13-7-5-12(6-8-13)19-16-4-2-1-3-15(16)17-11-14(21)9-10-18(17)22-19/h5-11,15-16,19-21H,1-4H2/t15-,16+,19+/m1/s1. The number of hydrogen-bond acceptors (Lipinski definition) is 3. The molecule has 0 aromatic heterocycles. The van der Waals surface area contributed by atoms with Gasteiger partial charge < -0.3 is 14.9 Å². The maximum absolute atomic E-state index is 9.81. The minimum Gasteiger partial charge on any atom is -0.508 e. The third kappa shape index (κ3) is 2.21. The summed E-state index contributed by atoms with van der Waals surface area (Å²) >= 11 is 0. The van der Waals surface area contributed by atoms with E-state index in [1.54, 1.807) is 18.2 Å². The summed E-state index contributed by atoms with van der Waals surface area (Å²) in [5, 5.41) is 19.3. The van der Waals surface area contributed by atoms with Gasteiger partial charge in [-0.15, -0.1) is 0 Å². The fraction of sp³-hybridized carbons (Fsp3) is 0.368. The number of rotatable bonds is 1. The molecule has 1 aliphatic heterocycles. The zero-order valence-corrected chi connectivity index (χ0v) is 12.4. The fourth-order valence-electron chi connectivity index (χ4n) is 4.04. The summed E-state index contributed by atoms with van der Waals surface area (Å²) in [5.41, 5.74) is 2.27. The normalized spacial score (nSPS) is 26.6. The van der Waals surface area contributed by atoms with Crippen LogP contribution in [0.4, 0.5) is 0 Å². The largest absolute Gasteiger partial charge is 0.508 e. The van der Waals surface area contributed by atoms with E-state index in [0.29, 0.717) is 17.6 Å². The molecule has 1 aliphatic carbocycles. The monoisotopic (exact) mass is 296 g/mol. The third-order valence-corrected chi connectivity index (χ3v) is 5.08. The first-order valence-electron chi connectivity index (χ1n) is 8.01. The molecule has 2 N–H and O–H groups in total. The molecule has 1 fully saturated rings. The van der Waals surface area contributed by atoms with Crippen molar-refractivity contribution in [3.63, 3.8) is 0 Å². The Labute approximate surface area is 130 Å². The second-order valence-corrected chi connectivity index (χ2v) is 6.41. The van der Waals surface area contributed by atoms with Crippen molar-refractivity contribution in [3.8, 4) is 17.2 Å². The van der Waals surface area contributed by atoms with Crippen LogP contribution in [0, 0.1) is 5.92 Å². The van der Waals surface area contributed by atoms with Crippen molar-refractivity contribution in [2.75, 3.05) is 0 Å². The predicted octanol–water partition coefficient (Wildman–Crippen LogP) is 4.51. The Bertz CT molecular complexity index is 678. The van der Waals surface area contributed by atoms with Crippen LogP contribution in [-0.2, 0) is 0 Å². The molecule has 0 saturated heterocycles. The molecule has 3 atom stereocenters. The number of phenols is 2. The average molecular weight is 296 g/mol. The molecule has 0 unspecified atom stereocenters. The van der Waals surface area contributed by atoms with E-state index in [1.165, 1.54) is 12.8 Å². The Kier molecular flexibility index (Phi) is 3.21. The molecule has 0 spiro atoms. The molecular formula is C19H20O3. The fourth-order valence-corrected chi connectivity index (χ4v) is 4.04. The first kappa shape index (κ1) is 13.5. The summed E-state index contributed by atoms with van der Waals surface area (Å²) in [6.45, 7) is 0. The van der Waals surface area contributed by atoms with E-state index in [1.807, 2.05) is 24.3 Å². The number of ether oxygens (including phenoxy) is 1. The van der Waals surface area contributed by atoms with Gasteiger partial charge in [-0.2, -0.15) is 0 Å². The van der Waals surface area contributed by atoms with Crippen molar-refractivity contribution < 1.29 is 14.9 Å². The molecule has 0 radical (unpaired) electrons. The van der Waals surface area contributed by atoms with Crippen LogP contribution in [0.2, 0.25) is 0 Å². The van der Waals surface area contributed by atoms with Gasteiger partial charge in [-0.1, -0.05) is 25.0 Å². The average Bonchev–Trinajstić information content (AvgIpc) is 2.55. The lowest BCUT2D eigenvalue weighted by Gasteiger charge is -2.42. The maximum atomic E-state index is 9.81. The summed E-state index contributed by atoms with van der Waals surface area (Å²) in [7, 11) is 0. The SMILES string of the molecule is Oc1ccc([C@@H]2Oc3ccc(O)cc3[C@@H]3CCCC[C@@H]32)cc1. The summed E-state index contributed by atoms with van der Waals surface area (Å²) in [6.07, 6.45) is 4.79.